The summed E-state index contributed by atoms with van der Waals surface area (Å²) in [5, 5.41) is 13.7. The zero-order valence-corrected chi connectivity index (χ0v) is 27.2. The molecule has 1 amide bonds. The molecule has 236 valence electrons. The van der Waals surface area contributed by atoms with Gasteiger partial charge in [0.15, 0.2) is 9.84 Å². The van der Waals surface area contributed by atoms with E-state index in [4.69, 9.17) is 9.72 Å². The number of thiazole rings is 1. The molecule has 7 rings (SSSR count). The molecule has 2 aliphatic carbocycles. The molecular weight excluding hydrogens is 605 g/mol. The smallest absolute Gasteiger partial charge is 0.225 e. The van der Waals surface area contributed by atoms with Gasteiger partial charge < -0.3 is 15.0 Å². The molecule has 4 aliphatic rings. The third-order valence-corrected chi connectivity index (χ3v) is 12.9. The third kappa shape index (κ3) is 6.53. The van der Waals surface area contributed by atoms with Crippen molar-refractivity contribution in [3.63, 3.8) is 0 Å². The molecule has 1 aromatic heterocycles. The molecule has 0 unspecified atom stereocenters. The van der Waals surface area contributed by atoms with E-state index in [0.717, 1.165) is 97.0 Å². The normalized spacial score (nSPS) is 24.5. The van der Waals surface area contributed by atoms with Crippen molar-refractivity contribution in [1.82, 2.24) is 10.3 Å². The minimum Gasteiger partial charge on any atom is -0.381 e. The van der Waals surface area contributed by atoms with Gasteiger partial charge in [0.05, 0.1) is 28.1 Å². The SMILES string of the molecule is N#CC1(NC(=O)[C@H]2CCCC[C@H]2c2nc(-c3ccc(C4CCOCC4)cc3)sc2-c2ccc(N3CCS(=O)(=O)CC3)cc2)CC1. The highest BCUT2D eigenvalue weighted by atomic mass is 32.2. The van der Waals surface area contributed by atoms with E-state index in [1.807, 2.05) is 0 Å². The number of benzene rings is 2. The summed E-state index contributed by atoms with van der Waals surface area (Å²) < 4.78 is 29.5. The van der Waals surface area contributed by atoms with Gasteiger partial charge >= 0.3 is 0 Å². The Balaban J connectivity index is 1.21. The molecule has 0 bridgehead atoms. The first-order chi connectivity index (χ1) is 21.8. The Kier molecular flexibility index (Phi) is 8.44. The standard InChI is InChI=1S/C35H40N4O4S2/c36-23-35(15-16-35)38-33(40)30-4-2-1-3-29(30)31-32(26-9-11-28(12-10-26)39-17-21-45(41,42)22-18-39)44-34(37-31)27-7-5-24(6-8-27)25-13-19-43-20-14-25/h5-12,25,29-30H,1-4,13-22H2,(H,38,40)/t29-,30+/m1/s1. The number of nitrogens with zero attached hydrogens (tertiary/aromatic N) is 3. The predicted molar refractivity (Wildman–Crippen MR) is 177 cm³/mol. The second kappa shape index (κ2) is 12.5. The van der Waals surface area contributed by atoms with E-state index in [0.29, 0.717) is 19.0 Å². The van der Waals surface area contributed by atoms with Gasteiger partial charge in [-0.3, -0.25) is 4.79 Å². The molecule has 1 N–H and O–H groups in total. The second-order valence-electron chi connectivity index (χ2n) is 13.1. The van der Waals surface area contributed by atoms with Crippen molar-refractivity contribution in [3.8, 4) is 27.1 Å². The number of aromatic nitrogens is 1. The van der Waals surface area contributed by atoms with Crippen LogP contribution in [-0.4, -0.2) is 62.7 Å². The largest absolute Gasteiger partial charge is 0.381 e. The van der Waals surface area contributed by atoms with E-state index in [2.05, 4.69) is 64.8 Å². The summed E-state index contributed by atoms with van der Waals surface area (Å²) in [4.78, 5) is 22.1. The number of hydrogen-bond donors (Lipinski definition) is 1. The fourth-order valence-corrected chi connectivity index (χ4v) is 9.47. The van der Waals surface area contributed by atoms with Crippen molar-refractivity contribution < 1.29 is 17.9 Å². The van der Waals surface area contributed by atoms with E-state index in [1.165, 1.54) is 5.56 Å². The van der Waals surface area contributed by atoms with Crippen LogP contribution in [-0.2, 0) is 19.4 Å². The number of carbonyl (C=O) groups is 1. The van der Waals surface area contributed by atoms with Gasteiger partial charge in [0.2, 0.25) is 5.91 Å². The van der Waals surface area contributed by atoms with E-state index in [-0.39, 0.29) is 29.2 Å². The fraction of sp³-hybridized carbons (Fsp3) is 0.514. The van der Waals surface area contributed by atoms with Crippen LogP contribution in [0.3, 0.4) is 0 Å². The lowest BCUT2D eigenvalue weighted by Gasteiger charge is -2.31. The van der Waals surface area contributed by atoms with Gasteiger partial charge in [-0.15, -0.1) is 11.3 Å². The number of anilines is 1. The first kappa shape index (κ1) is 30.4. The van der Waals surface area contributed by atoms with Crippen LogP contribution >= 0.6 is 11.3 Å². The number of nitrogens with one attached hydrogen (secondary N) is 1. The minimum atomic E-state index is -2.95. The van der Waals surface area contributed by atoms with Crippen LogP contribution in [0.4, 0.5) is 5.69 Å². The molecule has 4 fully saturated rings. The Morgan fingerprint density at radius 1 is 0.956 bits per heavy atom. The maximum absolute atomic E-state index is 13.6. The Labute approximate surface area is 269 Å². The van der Waals surface area contributed by atoms with Gasteiger partial charge in [-0.05, 0) is 67.7 Å². The van der Waals surface area contributed by atoms with Crippen LogP contribution in [0.15, 0.2) is 48.5 Å². The zero-order valence-electron chi connectivity index (χ0n) is 25.5. The number of carbonyl (C=O) groups excluding carboxylic acids is 1. The summed E-state index contributed by atoms with van der Waals surface area (Å²) in [5.41, 5.74) is 4.78. The highest BCUT2D eigenvalue weighted by Gasteiger charge is 2.47. The number of sulfone groups is 1. The van der Waals surface area contributed by atoms with Gasteiger partial charge in [-0.1, -0.05) is 49.2 Å². The Morgan fingerprint density at radius 3 is 2.29 bits per heavy atom. The van der Waals surface area contributed by atoms with Crippen LogP contribution in [0.5, 0.6) is 0 Å². The van der Waals surface area contributed by atoms with Crippen molar-refractivity contribution in [2.75, 3.05) is 42.7 Å². The van der Waals surface area contributed by atoms with Crippen molar-refractivity contribution in [2.45, 2.75) is 68.7 Å². The molecule has 2 atom stereocenters. The molecule has 0 radical (unpaired) electrons. The molecule has 8 nitrogen and oxygen atoms in total. The van der Waals surface area contributed by atoms with Crippen LogP contribution < -0.4 is 10.2 Å². The summed E-state index contributed by atoms with van der Waals surface area (Å²) >= 11 is 1.68. The average molecular weight is 645 g/mol. The number of rotatable bonds is 7. The third-order valence-electron chi connectivity index (χ3n) is 10.1. The van der Waals surface area contributed by atoms with Gasteiger partial charge in [0, 0.05) is 49.4 Å². The van der Waals surface area contributed by atoms with Crippen LogP contribution in [0.2, 0.25) is 0 Å². The minimum absolute atomic E-state index is 0.0181. The topological polar surface area (TPSA) is 112 Å². The molecule has 2 saturated carbocycles. The van der Waals surface area contributed by atoms with Gasteiger partial charge in [-0.25, -0.2) is 13.4 Å². The summed E-state index contributed by atoms with van der Waals surface area (Å²) in [6, 6.07) is 19.5. The monoisotopic (exact) mass is 644 g/mol. The summed E-state index contributed by atoms with van der Waals surface area (Å²) in [6.45, 7) is 2.63. The molecule has 2 saturated heterocycles. The molecule has 3 aromatic rings. The van der Waals surface area contributed by atoms with Crippen molar-refractivity contribution in [2.24, 2.45) is 5.92 Å². The van der Waals surface area contributed by atoms with Crippen molar-refractivity contribution in [1.29, 1.82) is 5.26 Å². The Morgan fingerprint density at radius 2 is 1.62 bits per heavy atom. The van der Waals surface area contributed by atoms with Gasteiger partial charge in [-0.2, -0.15) is 5.26 Å². The lowest BCUT2D eigenvalue weighted by molar-refractivity contribution is -0.127. The van der Waals surface area contributed by atoms with Crippen molar-refractivity contribution in [3.05, 3.63) is 59.8 Å². The van der Waals surface area contributed by atoms with Crippen LogP contribution in [0.25, 0.3) is 21.0 Å². The van der Waals surface area contributed by atoms with Crippen LogP contribution in [0, 0.1) is 17.2 Å². The van der Waals surface area contributed by atoms with Crippen molar-refractivity contribution >= 4 is 32.8 Å². The first-order valence-electron chi connectivity index (χ1n) is 16.3. The Hall–Kier alpha value is -3.26. The van der Waals surface area contributed by atoms with E-state index < -0.39 is 15.4 Å². The lowest BCUT2D eigenvalue weighted by atomic mass is 9.76. The highest BCUT2D eigenvalue weighted by molar-refractivity contribution is 7.91. The number of ether oxygens (including phenoxy) is 1. The summed E-state index contributed by atoms with van der Waals surface area (Å²) in [5.74, 6) is 0.630. The average Bonchev–Trinajstić information content (AvgIpc) is 3.71. The molecule has 45 heavy (non-hydrogen) atoms. The van der Waals surface area contributed by atoms with Crippen LogP contribution in [0.1, 0.15) is 74.5 Å². The molecule has 2 aliphatic heterocycles. The summed E-state index contributed by atoms with van der Waals surface area (Å²) in [6.07, 6.45) is 7.25. The fourth-order valence-electron chi connectivity index (χ4n) is 7.13. The maximum atomic E-state index is 13.6. The summed E-state index contributed by atoms with van der Waals surface area (Å²) in [7, 11) is -2.95. The first-order valence-corrected chi connectivity index (χ1v) is 18.9. The van der Waals surface area contributed by atoms with Gasteiger partial charge in [0.1, 0.15) is 10.5 Å². The van der Waals surface area contributed by atoms with Gasteiger partial charge in [0.25, 0.3) is 0 Å². The molecule has 10 heteroatoms. The number of hydrogen-bond acceptors (Lipinski definition) is 8. The number of amides is 1. The lowest BCUT2D eigenvalue weighted by Crippen LogP contribution is -2.42. The number of nitriles is 1. The molecule has 0 spiro atoms. The molecular formula is C35H40N4O4S2. The molecule has 2 aromatic carbocycles. The zero-order chi connectivity index (χ0) is 31.0. The quantitative estimate of drug-likeness (QED) is 0.333. The highest BCUT2D eigenvalue weighted by Crippen LogP contribution is 2.47. The second-order valence-corrected chi connectivity index (χ2v) is 16.4. The Bertz CT molecular complexity index is 1670. The van der Waals surface area contributed by atoms with E-state index >= 15 is 0 Å². The van der Waals surface area contributed by atoms with E-state index in [9.17, 15) is 18.5 Å². The van der Waals surface area contributed by atoms with E-state index in [1.54, 1.807) is 11.3 Å². The molecule has 3 heterocycles. The maximum Gasteiger partial charge on any atom is 0.225 e. The predicted octanol–water partition coefficient (Wildman–Crippen LogP) is 6.05.